The monoisotopic (exact) mass is 324 g/mol. The van der Waals surface area contributed by atoms with Crippen molar-refractivity contribution in [1.82, 2.24) is 9.88 Å². The van der Waals surface area contributed by atoms with Crippen molar-refractivity contribution in [2.75, 3.05) is 19.6 Å². The van der Waals surface area contributed by atoms with Crippen LogP contribution in [-0.4, -0.2) is 40.6 Å². The summed E-state index contributed by atoms with van der Waals surface area (Å²) in [5, 5.41) is 9.01. The first-order valence-corrected chi connectivity index (χ1v) is 8.67. The number of aromatic nitrogens is 1. The molecule has 4 heteroatoms. The Morgan fingerprint density at radius 1 is 1.25 bits per heavy atom. The topological polar surface area (TPSA) is 53.4 Å². The largest absolute Gasteiger partial charge is 0.478 e. The molecule has 0 bridgehead atoms. The molecule has 0 saturated carbocycles. The van der Waals surface area contributed by atoms with Gasteiger partial charge in [0.15, 0.2) is 0 Å². The lowest BCUT2D eigenvalue weighted by molar-refractivity contribution is 0.0697. The van der Waals surface area contributed by atoms with E-state index in [2.05, 4.69) is 16.0 Å². The number of hydrogen-bond acceptors (Lipinski definition) is 3. The molecule has 0 aliphatic carbocycles. The number of pyridine rings is 1. The van der Waals surface area contributed by atoms with Gasteiger partial charge in [-0.2, -0.15) is 0 Å². The molecule has 24 heavy (non-hydrogen) atoms. The number of rotatable bonds is 6. The van der Waals surface area contributed by atoms with Crippen LogP contribution in [0, 0.1) is 0 Å². The molecule has 0 radical (unpaired) electrons. The van der Waals surface area contributed by atoms with Crippen LogP contribution in [0.25, 0.3) is 0 Å². The highest BCUT2D eigenvalue weighted by Gasteiger charge is 2.21. The summed E-state index contributed by atoms with van der Waals surface area (Å²) in [6.07, 6.45) is 8.37. The Kier molecular flexibility index (Phi) is 5.59. The molecule has 0 amide bonds. The predicted octanol–water partition coefficient (Wildman–Crippen LogP) is 3.59. The number of carbonyl (C=O) groups is 1. The molecule has 4 nitrogen and oxygen atoms in total. The Morgan fingerprint density at radius 2 is 2.08 bits per heavy atom. The second-order valence-electron chi connectivity index (χ2n) is 6.53. The third-order valence-electron chi connectivity index (χ3n) is 4.80. The Morgan fingerprint density at radius 3 is 2.79 bits per heavy atom. The summed E-state index contributed by atoms with van der Waals surface area (Å²) < 4.78 is 0. The third-order valence-corrected chi connectivity index (χ3v) is 4.80. The van der Waals surface area contributed by atoms with Crippen molar-refractivity contribution in [2.45, 2.75) is 31.6 Å². The van der Waals surface area contributed by atoms with Crippen molar-refractivity contribution in [2.24, 2.45) is 0 Å². The molecule has 1 aliphatic heterocycles. The highest BCUT2D eigenvalue weighted by molar-refractivity contribution is 5.87. The van der Waals surface area contributed by atoms with Crippen molar-refractivity contribution in [3.8, 4) is 0 Å². The first kappa shape index (κ1) is 16.7. The Labute approximate surface area is 143 Å². The summed E-state index contributed by atoms with van der Waals surface area (Å²) in [6.45, 7) is 3.34. The molecule has 126 valence electrons. The lowest BCUT2D eigenvalue weighted by Crippen LogP contribution is -2.35. The molecule has 3 rings (SSSR count). The number of likely N-dealkylation sites (tertiary alicyclic amines) is 1. The zero-order valence-corrected chi connectivity index (χ0v) is 13.9. The molecule has 1 N–H and O–H groups in total. The summed E-state index contributed by atoms with van der Waals surface area (Å²) in [5.74, 6) is -0.345. The minimum atomic E-state index is -0.859. The maximum Gasteiger partial charge on any atom is 0.335 e. The van der Waals surface area contributed by atoms with Crippen LogP contribution in [0.2, 0.25) is 0 Å². The Hall–Kier alpha value is -2.20. The second-order valence-corrected chi connectivity index (χ2v) is 6.53. The van der Waals surface area contributed by atoms with E-state index < -0.39 is 5.97 Å². The first-order valence-electron chi connectivity index (χ1n) is 8.67. The molecular formula is C20H24N2O2. The maximum atomic E-state index is 11.0. The van der Waals surface area contributed by atoms with E-state index in [4.69, 9.17) is 5.11 Å². The molecule has 1 aromatic heterocycles. The van der Waals surface area contributed by atoms with E-state index in [9.17, 15) is 4.79 Å². The van der Waals surface area contributed by atoms with E-state index in [1.165, 1.54) is 24.0 Å². The highest BCUT2D eigenvalue weighted by atomic mass is 16.4. The molecule has 1 aromatic carbocycles. The normalized spacial score (nSPS) is 18.4. The number of piperidine rings is 1. The number of aryl methyl sites for hydroxylation is 1. The second kappa shape index (κ2) is 8.06. The summed E-state index contributed by atoms with van der Waals surface area (Å²) >= 11 is 0. The Balaban J connectivity index is 1.51. The van der Waals surface area contributed by atoms with Crippen LogP contribution >= 0.6 is 0 Å². The maximum absolute atomic E-state index is 11.0. The lowest BCUT2D eigenvalue weighted by atomic mass is 9.90. The van der Waals surface area contributed by atoms with E-state index in [1.807, 2.05) is 30.6 Å². The molecular weight excluding hydrogens is 300 g/mol. The van der Waals surface area contributed by atoms with Crippen molar-refractivity contribution in [3.63, 3.8) is 0 Å². The van der Waals surface area contributed by atoms with Gasteiger partial charge in [0.05, 0.1) is 5.56 Å². The number of hydrogen-bond donors (Lipinski definition) is 1. The van der Waals surface area contributed by atoms with Gasteiger partial charge in [-0.3, -0.25) is 4.98 Å². The molecule has 0 spiro atoms. The quantitative estimate of drug-likeness (QED) is 0.882. The minimum absolute atomic E-state index is 0.364. The highest BCUT2D eigenvalue weighted by Crippen LogP contribution is 2.27. The number of aromatic carboxylic acids is 1. The molecule has 1 fully saturated rings. The van der Waals surface area contributed by atoms with Crippen molar-refractivity contribution in [1.29, 1.82) is 0 Å². The summed E-state index contributed by atoms with van der Waals surface area (Å²) in [4.78, 5) is 17.7. The Bertz CT molecular complexity index is 655. The van der Waals surface area contributed by atoms with Crippen molar-refractivity contribution >= 4 is 5.97 Å². The van der Waals surface area contributed by atoms with Crippen LogP contribution in [0.15, 0.2) is 48.8 Å². The van der Waals surface area contributed by atoms with Crippen molar-refractivity contribution < 1.29 is 9.90 Å². The molecule has 1 saturated heterocycles. The van der Waals surface area contributed by atoms with Gasteiger partial charge < -0.3 is 10.0 Å². The van der Waals surface area contributed by atoms with Gasteiger partial charge in [-0.25, -0.2) is 4.79 Å². The van der Waals surface area contributed by atoms with Crippen LogP contribution in [0.3, 0.4) is 0 Å². The SMILES string of the molecule is O=C(O)c1ccc([C@H]2CCCN(CCCc3cccnc3)C2)cc1. The van der Waals surface area contributed by atoms with Gasteiger partial charge in [0.2, 0.25) is 0 Å². The van der Waals surface area contributed by atoms with Crippen LogP contribution < -0.4 is 0 Å². The molecule has 0 unspecified atom stereocenters. The van der Waals surface area contributed by atoms with E-state index in [0.29, 0.717) is 11.5 Å². The van der Waals surface area contributed by atoms with Crippen LogP contribution in [0.4, 0.5) is 0 Å². The van der Waals surface area contributed by atoms with E-state index in [0.717, 1.165) is 32.5 Å². The predicted molar refractivity (Wildman–Crippen MR) is 94.4 cm³/mol. The summed E-state index contributed by atoms with van der Waals surface area (Å²) in [7, 11) is 0. The fourth-order valence-corrected chi connectivity index (χ4v) is 3.48. The molecule has 2 aromatic rings. The van der Waals surface area contributed by atoms with Crippen molar-refractivity contribution in [3.05, 3.63) is 65.5 Å². The van der Waals surface area contributed by atoms with Crippen LogP contribution in [-0.2, 0) is 6.42 Å². The molecule has 1 aliphatic rings. The van der Waals surface area contributed by atoms with Gasteiger partial charge in [-0.05, 0) is 74.0 Å². The lowest BCUT2D eigenvalue weighted by Gasteiger charge is -2.33. The minimum Gasteiger partial charge on any atom is -0.478 e. The fourth-order valence-electron chi connectivity index (χ4n) is 3.48. The third kappa shape index (κ3) is 4.42. The zero-order chi connectivity index (χ0) is 16.8. The number of nitrogens with zero attached hydrogens (tertiary/aromatic N) is 2. The van der Waals surface area contributed by atoms with E-state index in [1.54, 1.807) is 12.1 Å². The van der Waals surface area contributed by atoms with Gasteiger partial charge in [-0.1, -0.05) is 18.2 Å². The van der Waals surface area contributed by atoms with Gasteiger partial charge in [0.1, 0.15) is 0 Å². The van der Waals surface area contributed by atoms with Gasteiger partial charge >= 0.3 is 5.97 Å². The average molecular weight is 324 g/mol. The van der Waals surface area contributed by atoms with Crippen LogP contribution in [0.1, 0.15) is 46.7 Å². The van der Waals surface area contributed by atoms with Crippen LogP contribution in [0.5, 0.6) is 0 Å². The summed E-state index contributed by atoms with van der Waals surface area (Å²) in [6, 6.07) is 11.5. The van der Waals surface area contributed by atoms with E-state index in [-0.39, 0.29) is 0 Å². The summed E-state index contributed by atoms with van der Waals surface area (Å²) in [5.41, 5.74) is 2.93. The number of carboxylic acids is 1. The number of carboxylic acid groups (broad SMARTS) is 1. The zero-order valence-electron chi connectivity index (χ0n) is 13.9. The smallest absolute Gasteiger partial charge is 0.335 e. The van der Waals surface area contributed by atoms with E-state index >= 15 is 0 Å². The fraction of sp³-hybridized carbons (Fsp3) is 0.400. The van der Waals surface area contributed by atoms with Gasteiger partial charge in [-0.15, -0.1) is 0 Å². The number of benzene rings is 1. The van der Waals surface area contributed by atoms with Gasteiger partial charge in [0.25, 0.3) is 0 Å². The molecule has 1 atom stereocenters. The standard InChI is InChI=1S/C20H24N2O2/c23-20(24)18-9-7-17(8-10-18)19-6-3-13-22(15-19)12-2-5-16-4-1-11-21-14-16/h1,4,7-11,14,19H,2-3,5-6,12-13,15H2,(H,23,24)/t19-/m0/s1. The molecule has 2 heterocycles. The average Bonchev–Trinajstić information content (AvgIpc) is 2.63. The first-order chi connectivity index (χ1) is 11.7. The van der Waals surface area contributed by atoms with Gasteiger partial charge in [0, 0.05) is 18.9 Å².